The predicted octanol–water partition coefficient (Wildman–Crippen LogP) is 4.46. The minimum atomic E-state index is -0.624. The van der Waals surface area contributed by atoms with Crippen LogP contribution in [0.5, 0.6) is 0 Å². The van der Waals surface area contributed by atoms with Crippen LogP contribution in [0.3, 0.4) is 0 Å². The number of rotatable bonds is 2. The van der Waals surface area contributed by atoms with Gasteiger partial charge in [0.1, 0.15) is 23.2 Å². The average molecular weight is 342 g/mol. The van der Waals surface area contributed by atoms with Crippen LogP contribution < -0.4 is 0 Å². The van der Waals surface area contributed by atoms with Crippen LogP contribution in [0.2, 0.25) is 0 Å². The highest BCUT2D eigenvalue weighted by Crippen LogP contribution is 2.34. The van der Waals surface area contributed by atoms with Crippen LogP contribution in [0.25, 0.3) is 22.2 Å². The van der Waals surface area contributed by atoms with E-state index in [9.17, 15) is 13.6 Å². The lowest BCUT2D eigenvalue weighted by Gasteiger charge is -2.19. The molecular formula is C19H16F2N2O2. The van der Waals surface area contributed by atoms with E-state index in [0.717, 1.165) is 18.9 Å². The van der Waals surface area contributed by atoms with Gasteiger partial charge < -0.3 is 9.32 Å². The second-order valence-electron chi connectivity index (χ2n) is 6.23. The van der Waals surface area contributed by atoms with Crippen molar-refractivity contribution in [3.63, 3.8) is 0 Å². The molecule has 0 saturated carbocycles. The van der Waals surface area contributed by atoms with E-state index in [1.165, 1.54) is 19.1 Å². The number of halogens is 2. The van der Waals surface area contributed by atoms with Gasteiger partial charge in [-0.1, -0.05) is 6.07 Å². The fourth-order valence-electron chi connectivity index (χ4n) is 3.38. The number of aromatic nitrogens is 1. The van der Waals surface area contributed by atoms with E-state index in [4.69, 9.17) is 4.42 Å². The minimum Gasteiger partial charge on any atom is -0.438 e. The first-order valence-corrected chi connectivity index (χ1v) is 8.16. The van der Waals surface area contributed by atoms with Gasteiger partial charge in [-0.15, -0.1) is 0 Å². The molecule has 0 unspecified atom stereocenters. The number of fused-ring (bicyclic) bond motifs is 1. The second-order valence-corrected chi connectivity index (χ2v) is 6.23. The third-order valence-electron chi connectivity index (χ3n) is 4.59. The Bertz CT molecular complexity index is 967. The van der Waals surface area contributed by atoms with E-state index in [1.807, 2.05) is 0 Å². The smallest absolute Gasteiger partial charge is 0.220 e. The summed E-state index contributed by atoms with van der Waals surface area (Å²) >= 11 is 0. The van der Waals surface area contributed by atoms with Crippen molar-refractivity contribution < 1.29 is 18.0 Å². The van der Waals surface area contributed by atoms with Crippen molar-refractivity contribution in [1.82, 2.24) is 9.88 Å². The van der Waals surface area contributed by atoms with Crippen molar-refractivity contribution in [2.24, 2.45) is 0 Å². The molecule has 2 heterocycles. The van der Waals surface area contributed by atoms with Crippen LogP contribution in [0.4, 0.5) is 8.78 Å². The first-order valence-electron chi connectivity index (χ1n) is 8.16. The van der Waals surface area contributed by atoms with Crippen LogP contribution in [0, 0.1) is 11.6 Å². The molecule has 25 heavy (non-hydrogen) atoms. The normalized spacial score (nSPS) is 17.4. The fourth-order valence-corrected chi connectivity index (χ4v) is 3.38. The minimum absolute atomic E-state index is 0.00108. The van der Waals surface area contributed by atoms with Gasteiger partial charge in [0.2, 0.25) is 11.8 Å². The molecule has 0 bridgehead atoms. The van der Waals surface area contributed by atoms with Gasteiger partial charge in [0, 0.05) is 25.1 Å². The van der Waals surface area contributed by atoms with Crippen LogP contribution in [0.1, 0.15) is 31.7 Å². The maximum atomic E-state index is 14.0. The summed E-state index contributed by atoms with van der Waals surface area (Å²) in [5.41, 5.74) is 2.07. The SMILES string of the molecule is CC(=O)N1CCC[C@@H]1c1nc2cc(-c3ccc(F)cc3F)ccc2o1. The highest BCUT2D eigenvalue weighted by atomic mass is 19.1. The molecule has 3 aromatic rings. The Labute approximate surface area is 143 Å². The number of amides is 1. The molecule has 1 fully saturated rings. The molecule has 128 valence electrons. The second kappa shape index (κ2) is 5.95. The lowest BCUT2D eigenvalue weighted by Crippen LogP contribution is -2.28. The van der Waals surface area contributed by atoms with Crippen molar-refractivity contribution in [3.05, 3.63) is 53.9 Å². The molecule has 1 amide bonds. The Hall–Kier alpha value is -2.76. The van der Waals surface area contributed by atoms with Crippen LogP contribution >= 0.6 is 0 Å². The third kappa shape index (κ3) is 2.77. The highest BCUT2D eigenvalue weighted by molar-refractivity contribution is 5.81. The van der Waals surface area contributed by atoms with E-state index in [-0.39, 0.29) is 11.9 Å². The van der Waals surface area contributed by atoms with Crippen molar-refractivity contribution in [2.75, 3.05) is 6.54 Å². The summed E-state index contributed by atoms with van der Waals surface area (Å²) in [6.45, 7) is 2.24. The zero-order valence-corrected chi connectivity index (χ0v) is 13.6. The molecule has 4 nitrogen and oxygen atoms in total. The lowest BCUT2D eigenvalue weighted by atomic mass is 10.0. The van der Waals surface area contributed by atoms with Crippen molar-refractivity contribution >= 4 is 17.0 Å². The summed E-state index contributed by atoms with van der Waals surface area (Å²) in [5, 5.41) is 0. The van der Waals surface area contributed by atoms with E-state index in [1.54, 1.807) is 23.1 Å². The summed E-state index contributed by atoms with van der Waals surface area (Å²) in [4.78, 5) is 18.0. The first-order chi connectivity index (χ1) is 12.0. The molecule has 0 N–H and O–H groups in total. The van der Waals surface area contributed by atoms with E-state index in [2.05, 4.69) is 4.98 Å². The van der Waals surface area contributed by atoms with Gasteiger partial charge in [0.15, 0.2) is 5.58 Å². The van der Waals surface area contributed by atoms with E-state index >= 15 is 0 Å². The Morgan fingerprint density at radius 3 is 2.84 bits per heavy atom. The largest absolute Gasteiger partial charge is 0.438 e. The Kier molecular flexibility index (Phi) is 3.75. The number of carbonyl (C=O) groups is 1. The number of carbonyl (C=O) groups excluding carboxylic acids is 1. The van der Waals surface area contributed by atoms with Crippen LogP contribution in [0.15, 0.2) is 40.8 Å². The maximum Gasteiger partial charge on any atom is 0.220 e. The van der Waals surface area contributed by atoms with Gasteiger partial charge in [0.25, 0.3) is 0 Å². The molecule has 1 aliphatic heterocycles. The summed E-state index contributed by atoms with van der Waals surface area (Å²) in [6.07, 6.45) is 1.72. The van der Waals surface area contributed by atoms with Crippen molar-refractivity contribution in [2.45, 2.75) is 25.8 Å². The molecule has 0 aliphatic carbocycles. The molecular weight excluding hydrogens is 326 g/mol. The third-order valence-corrected chi connectivity index (χ3v) is 4.59. The molecule has 0 spiro atoms. The zero-order valence-electron chi connectivity index (χ0n) is 13.6. The van der Waals surface area contributed by atoms with Gasteiger partial charge in [-0.3, -0.25) is 4.79 Å². The molecule has 0 radical (unpaired) electrons. The summed E-state index contributed by atoms with van der Waals surface area (Å²) in [5.74, 6) is -0.739. The van der Waals surface area contributed by atoms with Gasteiger partial charge in [-0.25, -0.2) is 13.8 Å². The summed E-state index contributed by atoms with van der Waals surface area (Å²) in [6, 6.07) is 8.47. The molecule has 6 heteroatoms. The lowest BCUT2D eigenvalue weighted by molar-refractivity contribution is -0.130. The monoisotopic (exact) mass is 342 g/mol. The number of hydrogen-bond donors (Lipinski definition) is 0. The molecule has 1 aromatic heterocycles. The van der Waals surface area contributed by atoms with Gasteiger partial charge in [-0.2, -0.15) is 0 Å². The number of nitrogens with zero attached hydrogens (tertiary/aromatic N) is 2. The van der Waals surface area contributed by atoms with Gasteiger partial charge in [0.05, 0.1) is 0 Å². The first kappa shape index (κ1) is 15.7. The standard InChI is InChI=1S/C19H16F2N2O2/c1-11(24)23-8-2-3-17(23)19-22-16-9-12(4-7-18(16)25-19)14-6-5-13(20)10-15(14)21/h4-7,9-10,17H,2-3,8H2,1H3/t17-/m1/s1. The van der Waals surface area contributed by atoms with Gasteiger partial charge in [-0.05, 0) is 42.7 Å². The Morgan fingerprint density at radius 2 is 2.08 bits per heavy atom. The number of oxazole rings is 1. The molecule has 1 aliphatic rings. The predicted molar refractivity (Wildman–Crippen MR) is 88.7 cm³/mol. The highest BCUT2D eigenvalue weighted by Gasteiger charge is 2.31. The van der Waals surface area contributed by atoms with E-state index in [0.29, 0.717) is 34.7 Å². The molecule has 2 aromatic carbocycles. The quantitative estimate of drug-likeness (QED) is 0.691. The van der Waals surface area contributed by atoms with Crippen molar-refractivity contribution in [1.29, 1.82) is 0 Å². The molecule has 4 rings (SSSR count). The summed E-state index contributed by atoms with van der Waals surface area (Å²) < 4.78 is 32.9. The topological polar surface area (TPSA) is 46.3 Å². The average Bonchev–Trinajstić information content (AvgIpc) is 3.20. The Morgan fingerprint density at radius 1 is 1.24 bits per heavy atom. The van der Waals surface area contributed by atoms with Crippen molar-refractivity contribution in [3.8, 4) is 11.1 Å². The summed E-state index contributed by atoms with van der Waals surface area (Å²) in [7, 11) is 0. The Balaban J connectivity index is 1.73. The van der Waals surface area contributed by atoms with Crippen LogP contribution in [-0.2, 0) is 4.79 Å². The van der Waals surface area contributed by atoms with Gasteiger partial charge >= 0.3 is 0 Å². The van der Waals surface area contributed by atoms with E-state index < -0.39 is 11.6 Å². The van der Waals surface area contributed by atoms with Crippen LogP contribution in [-0.4, -0.2) is 22.3 Å². The number of likely N-dealkylation sites (tertiary alicyclic amines) is 1. The number of benzene rings is 2. The molecule has 1 atom stereocenters. The maximum absolute atomic E-state index is 14.0. The zero-order chi connectivity index (χ0) is 17.6. The fraction of sp³-hybridized carbons (Fsp3) is 0.263. The number of hydrogen-bond acceptors (Lipinski definition) is 3. The molecule has 1 saturated heterocycles.